The Labute approximate surface area is 157 Å². The highest BCUT2D eigenvalue weighted by Crippen LogP contribution is 2.34. The van der Waals surface area contributed by atoms with Gasteiger partial charge in [-0.25, -0.2) is 0 Å². The third-order valence-corrected chi connectivity index (χ3v) is 5.42. The fraction of sp³-hybridized carbons (Fsp3) is 0.526. The maximum Gasteiger partial charge on any atom is 0.265 e. The van der Waals surface area contributed by atoms with Crippen LogP contribution in [0.3, 0.4) is 0 Å². The summed E-state index contributed by atoms with van der Waals surface area (Å²) in [6, 6.07) is 5.25. The Morgan fingerprint density at radius 2 is 2.11 bits per heavy atom. The highest BCUT2D eigenvalue weighted by Gasteiger charge is 2.34. The Morgan fingerprint density at radius 1 is 1.26 bits per heavy atom. The van der Waals surface area contributed by atoms with Crippen molar-refractivity contribution in [1.29, 1.82) is 0 Å². The van der Waals surface area contributed by atoms with E-state index >= 15 is 0 Å². The Bertz CT molecular complexity index is 781. The van der Waals surface area contributed by atoms with Crippen molar-refractivity contribution < 1.29 is 19.1 Å². The quantitative estimate of drug-likeness (QED) is 0.786. The van der Waals surface area contributed by atoms with Gasteiger partial charge in [0.2, 0.25) is 5.91 Å². The molecule has 2 fully saturated rings. The van der Waals surface area contributed by atoms with Crippen LogP contribution in [0.4, 0.5) is 5.69 Å². The number of likely N-dealkylation sites (tertiary alicyclic amines) is 1. The molecule has 2 atom stereocenters. The molecule has 2 N–H and O–H groups in total. The number of benzene rings is 1. The van der Waals surface area contributed by atoms with Gasteiger partial charge in [-0.15, -0.1) is 0 Å². The van der Waals surface area contributed by atoms with E-state index in [4.69, 9.17) is 4.74 Å². The maximum atomic E-state index is 13.2. The summed E-state index contributed by atoms with van der Waals surface area (Å²) in [6.45, 7) is 4.67. The van der Waals surface area contributed by atoms with Crippen molar-refractivity contribution in [1.82, 2.24) is 15.1 Å². The minimum absolute atomic E-state index is 0.0522. The van der Waals surface area contributed by atoms with Crippen molar-refractivity contribution in [3.05, 3.63) is 23.8 Å². The van der Waals surface area contributed by atoms with Crippen molar-refractivity contribution in [3.63, 3.8) is 0 Å². The molecule has 0 spiro atoms. The van der Waals surface area contributed by atoms with Crippen LogP contribution in [0.2, 0.25) is 0 Å². The Morgan fingerprint density at radius 3 is 2.93 bits per heavy atom. The number of carbonyl (C=O) groups is 3. The highest BCUT2D eigenvalue weighted by atomic mass is 16.5. The lowest BCUT2D eigenvalue weighted by molar-refractivity contribution is -0.135. The molecule has 8 heteroatoms. The van der Waals surface area contributed by atoms with Gasteiger partial charge in [0.05, 0.1) is 17.8 Å². The van der Waals surface area contributed by atoms with Crippen LogP contribution < -0.4 is 15.4 Å². The molecule has 3 heterocycles. The summed E-state index contributed by atoms with van der Waals surface area (Å²) < 4.78 is 5.72. The molecular formula is C19H24N4O4. The zero-order valence-corrected chi connectivity index (χ0v) is 15.4. The second-order valence-electron chi connectivity index (χ2n) is 7.24. The van der Waals surface area contributed by atoms with Gasteiger partial charge in [0.15, 0.2) is 11.9 Å². The third-order valence-electron chi connectivity index (χ3n) is 5.42. The van der Waals surface area contributed by atoms with E-state index in [1.165, 1.54) is 0 Å². The molecule has 2 saturated heterocycles. The smallest absolute Gasteiger partial charge is 0.265 e. The molecule has 0 saturated carbocycles. The standard InChI is InChI=1S/C19H24N4O4/c1-12-18(25)21-15-6-2-5-14(17(15)27-12)19(26)22-8-3-4-13(11-22)23-9-7-20-10-16(23)24/h2,5-6,12-13,20H,3-4,7-11H2,1H3,(H,21,25). The monoisotopic (exact) mass is 372 g/mol. The first-order chi connectivity index (χ1) is 13.0. The summed E-state index contributed by atoms with van der Waals surface area (Å²) in [5.41, 5.74) is 0.974. The number of carbonyl (C=O) groups excluding carboxylic acids is 3. The molecule has 0 aromatic heterocycles. The number of amides is 3. The van der Waals surface area contributed by atoms with Crippen molar-refractivity contribution in [2.45, 2.75) is 31.9 Å². The molecule has 4 rings (SSSR count). The summed E-state index contributed by atoms with van der Waals surface area (Å²) in [5, 5.41) is 5.86. The fourth-order valence-corrected chi connectivity index (χ4v) is 3.97. The molecule has 0 aliphatic carbocycles. The molecule has 27 heavy (non-hydrogen) atoms. The average Bonchev–Trinajstić information content (AvgIpc) is 2.68. The topological polar surface area (TPSA) is 91.0 Å². The maximum absolute atomic E-state index is 13.2. The average molecular weight is 372 g/mol. The Hall–Kier alpha value is -2.61. The third kappa shape index (κ3) is 3.37. The van der Waals surface area contributed by atoms with Gasteiger partial charge in [0, 0.05) is 32.2 Å². The first kappa shape index (κ1) is 17.8. The van der Waals surface area contributed by atoms with Gasteiger partial charge in [0.1, 0.15) is 0 Å². The predicted molar refractivity (Wildman–Crippen MR) is 98.7 cm³/mol. The number of anilines is 1. The summed E-state index contributed by atoms with van der Waals surface area (Å²) in [5.74, 6) is 0.178. The Kier molecular flexibility index (Phi) is 4.73. The van der Waals surface area contributed by atoms with E-state index in [1.807, 2.05) is 4.90 Å². The van der Waals surface area contributed by atoms with Crippen LogP contribution in [0.5, 0.6) is 5.75 Å². The van der Waals surface area contributed by atoms with Gasteiger partial charge in [-0.1, -0.05) is 6.07 Å². The van der Waals surface area contributed by atoms with Crippen LogP contribution in [-0.4, -0.2) is 72.4 Å². The number of hydrogen-bond donors (Lipinski definition) is 2. The first-order valence-corrected chi connectivity index (χ1v) is 9.44. The summed E-state index contributed by atoms with van der Waals surface area (Å²) in [7, 11) is 0. The molecule has 3 amide bonds. The number of hydrogen-bond acceptors (Lipinski definition) is 5. The molecule has 3 aliphatic rings. The van der Waals surface area contributed by atoms with Gasteiger partial charge in [0.25, 0.3) is 11.8 Å². The number of piperidine rings is 1. The Balaban J connectivity index is 1.54. The van der Waals surface area contributed by atoms with Crippen LogP contribution in [0.1, 0.15) is 30.1 Å². The van der Waals surface area contributed by atoms with Crippen LogP contribution >= 0.6 is 0 Å². The molecule has 3 aliphatic heterocycles. The zero-order valence-electron chi connectivity index (χ0n) is 15.4. The van der Waals surface area contributed by atoms with Crippen molar-refractivity contribution in [2.24, 2.45) is 0 Å². The van der Waals surface area contributed by atoms with Crippen LogP contribution in [-0.2, 0) is 9.59 Å². The lowest BCUT2D eigenvalue weighted by Gasteiger charge is -2.41. The van der Waals surface area contributed by atoms with Crippen molar-refractivity contribution in [2.75, 3.05) is 38.0 Å². The zero-order chi connectivity index (χ0) is 19.0. The first-order valence-electron chi connectivity index (χ1n) is 9.44. The number of nitrogens with one attached hydrogen (secondary N) is 2. The lowest BCUT2D eigenvalue weighted by Crippen LogP contribution is -2.57. The molecule has 1 aromatic carbocycles. The molecular weight excluding hydrogens is 348 g/mol. The van der Waals surface area contributed by atoms with Crippen molar-refractivity contribution in [3.8, 4) is 5.75 Å². The summed E-state index contributed by atoms with van der Waals surface area (Å²) in [6.07, 6.45) is 1.13. The van der Waals surface area contributed by atoms with Gasteiger partial charge < -0.3 is 25.2 Å². The number of ether oxygens (including phenoxy) is 1. The molecule has 1 aromatic rings. The second-order valence-corrected chi connectivity index (χ2v) is 7.24. The van der Waals surface area contributed by atoms with E-state index < -0.39 is 6.10 Å². The molecule has 144 valence electrons. The fourth-order valence-electron chi connectivity index (χ4n) is 3.97. The van der Waals surface area contributed by atoms with E-state index in [0.29, 0.717) is 43.2 Å². The van der Waals surface area contributed by atoms with Gasteiger partial charge in [-0.2, -0.15) is 0 Å². The van der Waals surface area contributed by atoms with E-state index in [2.05, 4.69) is 10.6 Å². The molecule has 0 radical (unpaired) electrons. The molecule has 2 unspecified atom stereocenters. The molecule has 0 bridgehead atoms. The molecule has 8 nitrogen and oxygen atoms in total. The summed E-state index contributed by atoms with van der Waals surface area (Å²) >= 11 is 0. The normalized spacial score (nSPS) is 25.5. The highest BCUT2D eigenvalue weighted by molar-refractivity contribution is 6.04. The number of para-hydroxylation sites is 1. The van der Waals surface area contributed by atoms with E-state index in [1.54, 1.807) is 30.0 Å². The van der Waals surface area contributed by atoms with E-state index in [0.717, 1.165) is 19.4 Å². The number of rotatable bonds is 2. The minimum Gasteiger partial charge on any atom is -0.478 e. The van der Waals surface area contributed by atoms with Gasteiger partial charge in [-0.05, 0) is 31.9 Å². The number of fused-ring (bicyclic) bond motifs is 1. The number of piperazine rings is 1. The van der Waals surface area contributed by atoms with Gasteiger partial charge in [-0.3, -0.25) is 14.4 Å². The van der Waals surface area contributed by atoms with E-state index in [9.17, 15) is 14.4 Å². The van der Waals surface area contributed by atoms with Crippen molar-refractivity contribution >= 4 is 23.4 Å². The summed E-state index contributed by atoms with van der Waals surface area (Å²) in [4.78, 5) is 40.9. The van der Waals surface area contributed by atoms with Gasteiger partial charge >= 0.3 is 0 Å². The lowest BCUT2D eigenvalue weighted by atomic mass is 10.0. The number of nitrogens with zero attached hydrogens (tertiary/aromatic N) is 2. The van der Waals surface area contributed by atoms with Crippen LogP contribution in [0.25, 0.3) is 0 Å². The van der Waals surface area contributed by atoms with E-state index in [-0.39, 0.29) is 23.8 Å². The SMILES string of the molecule is CC1Oc2c(cccc2C(=O)N2CCCC(N3CCNCC3=O)C2)NC1=O. The predicted octanol–water partition coefficient (Wildman–Crippen LogP) is 0.442. The van der Waals surface area contributed by atoms with Crippen LogP contribution in [0.15, 0.2) is 18.2 Å². The second kappa shape index (κ2) is 7.19. The largest absolute Gasteiger partial charge is 0.478 e. The minimum atomic E-state index is -0.640. The van der Waals surface area contributed by atoms with Crippen LogP contribution in [0, 0.1) is 0 Å².